The fraction of sp³-hybridized carbons (Fsp3) is 0.448. The van der Waals surface area contributed by atoms with Crippen LogP contribution in [0, 0.1) is 21.4 Å². The standard InChI is InChI=1S/C29H34I6N4O11/c1-11(44)38(26-22(32)16(9-42)20(30)18(24(26)34)28(49)36-3-13(46)7-40)5-15(48)6-39(12(2)45)27-23(33)17(10-43)21(31)19(25(27)35)29(50)37-4-14(47)8-41/h13-15,40-43,46-48H,3-10H2,1-2H3,(H,36,49)(H,37,50). The first-order valence-corrected chi connectivity index (χ1v) is 20.9. The molecule has 2 aromatic rings. The quantitative estimate of drug-likeness (QED) is 0.108. The van der Waals surface area contributed by atoms with Crippen LogP contribution in [-0.4, -0.2) is 117 Å². The SMILES string of the molecule is CC(=O)N(CC(O)CN(C(C)=O)c1c(I)c(CO)c(I)c(C(=O)NCC(O)CO)c1I)c1c(I)c(CO)c(I)c(C(=O)NCC(O)CO)c1I. The van der Waals surface area contributed by atoms with E-state index in [9.17, 15) is 44.7 Å². The predicted octanol–water partition coefficient (Wildman–Crippen LogP) is 1.23. The molecule has 50 heavy (non-hydrogen) atoms. The molecule has 21 heteroatoms. The summed E-state index contributed by atoms with van der Waals surface area (Å²) in [5.74, 6) is -2.30. The largest absolute Gasteiger partial charge is 0.394 e. The Morgan fingerprint density at radius 3 is 1.14 bits per heavy atom. The van der Waals surface area contributed by atoms with Crippen LogP contribution in [0.4, 0.5) is 11.4 Å². The highest BCUT2D eigenvalue weighted by Crippen LogP contribution is 2.40. The highest BCUT2D eigenvalue weighted by Gasteiger charge is 2.33. The van der Waals surface area contributed by atoms with Crippen LogP contribution in [0.3, 0.4) is 0 Å². The number of aliphatic hydroxyl groups excluding tert-OH is 7. The minimum atomic E-state index is -1.40. The number of aliphatic hydroxyl groups is 7. The summed E-state index contributed by atoms with van der Waals surface area (Å²) in [6.07, 6.45) is -3.82. The van der Waals surface area contributed by atoms with E-state index in [1.807, 2.05) is 136 Å². The molecule has 0 aliphatic heterocycles. The van der Waals surface area contributed by atoms with Crippen molar-refractivity contribution < 1.29 is 54.9 Å². The molecular weight excluding hydrogens is 1340 g/mol. The number of rotatable bonds is 16. The molecule has 2 atom stereocenters. The van der Waals surface area contributed by atoms with Gasteiger partial charge in [-0.05, 0) is 136 Å². The fourth-order valence-corrected chi connectivity index (χ4v) is 13.7. The Hall–Kier alpha value is 0.420. The molecule has 278 valence electrons. The minimum Gasteiger partial charge on any atom is -0.394 e. The number of nitrogens with zero attached hydrogens (tertiary/aromatic N) is 2. The third kappa shape index (κ3) is 11.2. The third-order valence-corrected chi connectivity index (χ3v) is 13.8. The van der Waals surface area contributed by atoms with Crippen molar-refractivity contribution in [2.24, 2.45) is 0 Å². The summed E-state index contributed by atoms with van der Waals surface area (Å²) in [5.41, 5.74) is 1.37. The summed E-state index contributed by atoms with van der Waals surface area (Å²) >= 11 is 11.5. The second kappa shape index (κ2) is 21.5. The third-order valence-electron chi connectivity index (χ3n) is 7.04. The van der Waals surface area contributed by atoms with Crippen molar-refractivity contribution in [3.63, 3.8) is 0 Å². The number of amides is 4. The van der Waals surface area contributed by atoms with Gasteiger partial charge in [-0.1, -0.05) is 0 Å². The van der Waals surface area contributed by atoms with Crippen LogP contribution in [0.5, 0.6) is 0 Å². The summed E-state index contributed by atoms with van der Waals surface area (Å²) in [5, 5.41) is 74.9. The topological polar surface area (TPSA) is 240 Å². The van der Waals surface area contributed by atoms with Crippen LogP contribution in [0.1, 0.15) is 45.7 Å². The second-order valence-corrected chi connectivity index (χ2v) is 17.1. The van der Waals surface area contributed by atoms with E-state index in [-0.39, 0.29) is 48.7 Å². The van der Waals surface area contributed by atoms with Crippen LogP contribution in [0.2, 0.25) is 0 Å². The minimum absolute atomic E-state index is 0.110. The van der Waals surface area contributed by atoms with Gasteiger partial charge in [0.15, 0.2) is 0 Å². The summed E-state index contributed by atoms with van der Waals surface area (Å²) in [4.78, 5) is 55.3. The van der Waals surface area contributed by atoms with Gasteiger partial charge >= 0.3 is 0 Å². The number of anilines is 2. The van der Waals surface area contributed by atoms with Gasteiger partial charge in [-0.2, -0.15) is 0 Å². The zero-order valence-corrected chi connectivity index (χ0v) is 39.3. The molecule has 0 saturated carbocycles. The Kier molecular flexibility index (Phi) is 20.0. The van der Waals surface area contributed by atoms with Crippen LogP contribution in [0.25, 0.3) is 0 Å². The van der Waals surface area contributed by atoms with Gasteiger partial charge in [0.2, 0.25) is 11.8 Å². The number of hydrogen-bond donors (Lipinski definition) is 9. The molecule has 2 aromatic carbocycles. The predicted molar refractivity (Wildman–Crippen MR) is 234 cm³/mol. The summed E-state index contributed by atoms with van der Waals surface area (Å²) < 4.78 is 2.30. The zero-order valence-electron chi connectivity index (χ0n) is 26.3. The van der Waals surface area contributed by atoms with E-state index in [2.05, 4.69) is 10.6 Å². The normalized spacial score (nSPS) is 13.0. The Labute approximate surface area is 369 Å². The molecule has 0 saturated heterocycles. The number of carbonyl (C=O) groups is 4. The van der Waals surface area contributed by atoms with Gasteiger partial charge in [0.25, 0.3) is 11.8 Å². The fourth-order valence-electron chi connectivity index (χ4n) is 4.51. The van der Waals surface area contributed by atoms with E-state index in [1.54, 1.807) is 0 Å². The lowest BCUT2D eigenvalue weighted by Gasteiger charge is -2.32. The molecule has 4 amide bonds. The Morgan fingerprint density at radius 1 is 0.560 bits per heavy atom. The van der Waals surface area contributed by atoms with E-state index < -0.39 is 68.4 Å². The van der Waals surface area contributed by atoms with Crippen LogP contribution in [-0.2, 0) is 22.8 Å². The van der Waals surface area contributed by atoms with Crippen molar-refractivity contribution in [1.82, 2.24) is 10.6 Å². The average Bonchev–Trinajstić information content (AvgIpc) is 3.05. The van der Waals surface area contributed by atoms with Gasteiger partial charge in [0.05, 0.1) is 87.5 Å². The van der Waals surface area contributed by atoms with Crippen molar-refractivity contribution >= 4 is 171 Å². The molecule has 2 unspecified atom stereocenters. The molecule has 2 rings (SSSR count). The second-order valence-electron chi connectivity index (χ2n) is 10.6. The Balaban J connectivity index is 2.64. The highest BCUT2D eigenvalue weighted by atomic mass is 127. The highest BCUT2D eigenvalue weighted by molar-refractivity contribution is 14.1. The Bertz CT molecular complexity index is 1500. The molecule has 0 spiro atoms. The van der Waals surface area contributed by atoms with E-state index in [0.29, 0.717) is 32.5 Å². The smallest absolute Gasteiger partial charge is 0.253 e. The molecule has 0 aromatic heterocycles. The molecule has 0 aliphatic carbocycles. The van der Waals surface area contributed by atoms with Crippen LogP contribution in [0.15, 0.2) is 0 Å². The summed E-state index contributed by atoms with van der Waals surface area (Å²) in [6, 6.07) is 0. The van der Waals surface area contributed by atoms with Crippen LogP contribution >= 0.6 is 136 Å². The molecule has 0 radical (unpaired) electrons. The molecule has 0 fully saturated rings. The monoisotopic (exact) mass is 1380 g/mol. The number of hydrogen-bond acceptors (Lipinski definition) is 11. The van der Waals surface area contributed by atoms with Gasteiger partial charge in [-0.15, -0.1) is 0 Å². The van der Waals surface area contributed by atoms with Crippen molar-refractivity contribution in [3.8, 4) is 0 Å². The van der Waals surface area contributed by atoms with Crippen molar-refractivity contribution in [1.29, 1.82) is 0 Å². The number of halogens is 6. The number of nitrogens with one attached hydrogen (secondary N) is 2. The molecular formula is C29H34I6N4O11. The summed E-state index contributed by atoms with van der Waals surface area (Å²) in [7, 11) is 0. The molecule has 0 bridgehead atoms. The van der Waals surface area contributed by atoms with E-state index in [4.69, 9.17) is 10.2 Å². The van der Waals surface area contributed by atoms with Crippen molar-refractivity contribution in [2.75, 3.05) is 49.2 Å². The zero-order chi connectivity index (χ0) is 38.2. The average molecular weight is 1380 g/mol. The van der Waals surface area contributed by atoms with Gasteiger partial charge in [0, 0.05) is 52.3 Å². The van der Waals surface area contributed by atoms with Gasteiger partial charge in [-0.3, -0.25) is 19.2 Å². The molecule has 0 aliphatic rings. The maximum absolute atomic E-state index is 13.3. The van der Waals surface area contributed by atoms with E-state index >= 15 is 0 Å². The summed E-state index contributed by atoms with van der Waals surface area (Å²) in [6.45, 7) is -0.852. The maximum Gasteiger partial charge on any atom is 0.253 e. The van der Waals surface area contributed by atoms with Gasteiger partial charge in [-0.25, -0.2) is 0 Å². The van der Waals surface area contributed by atoms with Crippen LogP contribution < -0.4 is 20.4 Å². The number of carbonyl (C=O) groups excluding carboxylic acids is 4. The molecule has 0 heterocycles. The number of benzene rings is 2. The lowest BCUT2D eigenvalue weighted by atomic mass is 10.1. The van der Waals surface area contributed by atoms with Gasteiger partial charge in [0.1, 0.15) is 0 Å². The molecule has 15 nitrogen and oxygen atoms in total. The van der Waals surface area contributed by atoms with Crippen molar-refractivity contribution in [3.05, 3.63) is 43.7 Å². The maximum atomic E-state index is 13.3. The molecule has 9 N–H and O–H groups in total. The Morgan fingerprint density at radius 2 is 0.880 bits per heavy atom. The first-order valence-electron chi connectivity index (χ1n) is 14.4. The van der Waals surface area contributed by atoms with Crippen molar-refractivity contribution in [2.45, 2.75) is 45.4 Å². The van der Waals surface area contributed by atoms with E-state index in [0.717, 1.165) is 0 Å². The van der Waals surface area contributed by atoms with Gasteiger partial charge < -0.3 is 56.2 Å². The first kappa shape index (κ1) is 46.6. The van der Waals surface area contributed by atoms with E-state index in [1.165, 1.54) is 23.6 Å². The lowest BCUT2D eigenvalue weighted by Crippen LogP contribution is -2.45. The first-order chi connectivity index (χ1) is 23.4. The lowest BCUT2D eigenvalue weighted by molar-refractivity contribution is -0.117.